The second-order valence-electron chi connectivity index (χ2n) is 5.67. The Morgan fingerprint density at radius 2 is 2.00 bits per heavy atom. The van der Waals surface area contributed by atoms with Crippen molar-refractivity contribution in [1.29, 1.82) is 5.26 Å². The second-order valence-corrected chi connectivity index (χ2v) is 5.67. The topological polar surface area (TPSA) is 66.0 Å². The van der Waals surface area contributed by atoms with E-state index in [9.17, 15) is 10.1 Å². The fraction of sp³-hybridized carbons (Fsp3) is 0.263. The van der Waals surface area contributed by atoms with Crippen molar-refractivity contribution in [3.05, 3.63) is 64.1 Å². The van der Waals surface area contributed by atoms with Gasteiger partial charge in [0, 0.05) is 6.08 Å². The number of furan rings is 1. The number of nitriles is 1. The summed E-state index contributed by atoms with van der Waals surface area (Å²) in [6, 6.07) is 11.4. The molecule has 0 bridgehead atoms. The third kappa shape index (κ3) is 4.10. The first-order chi connectivity index (χ1) is 10.9. The quantitative estimate of drug-likeness (QED) is 0.686. The van der Waals surface area contributed by atoms with Crippen LogP contribution in [0.2, 0.25) is 0 Å². The molecule has 0 aliphatic heterocycles. The normalized spacial score (nSPS) is 12.6. The van der Waals surface area contributed by atoms with Crippen LogP contribution in [0.15, 0.2) is 40.3 Å². The molecule has 0 aliphatic rings. The molecule has 4 nitrogen and oxygen atoms in total. The molecule has 0 unspecified atom stereocenters. The van der Waals surface area contributed by atoms with Gasteiger partial charge >= 0.3 is 0 Å². The maximum atomic E-state index is 12.3. The van der Waals surface area contributed by atoms with Crippen LogP contribution in [0.4, 0.5) is 0 Å². The Morgan fingerprint density at radius 3 is 2.61 bits per heavy atom. The van der Waals surface area contributed by atoms with Gasteiger partial charge in [0.15, 0.2) is 0 Å². The number of carbonyl (C=O) groups is 1. The number of hydrogen-bond acceptors (Lipinski definition) is 3. The van der Waals surface area contributed by atoms with Crippen LogP contribution in [0, 0.1) is 32.1 Å². The van der Waals surface area contributed by atoms with Gasteiger partial charge < -0.3 is 9.73 Å². The number of carbonyl (C=O) groups excluding carboxylic acids is 1. The summed E-state index contributed by atoms with van der Waals surface area (Å²) in [5, 5.41) is 12.1. The van der Waals surface area contributed by atoms with Crippen LogP contribution in [0.5, 0.6) is 0 Å². The van der Waals surface area contributed by atoms with Gasteiger partial charge in [-0.2, -0.15) is 5.26 Å². The van der Waals surface area contributed by atoms with Gasteiger partial charge in [-0.3, -0.25) is 4.79 Å². The van der Waals surface area contributed by atoms with Crippen molar-refractivity contribution in [2.45, 2.75) is 33.7 Å². The molecule has 0 fully saturated rings. The monoisotopic (exact) mass is 308 g/mol. The molecule has 0 radical (unpaired) electrons. The standard InChI is InChI=1S/C19H20N2O2/c1-12-5-6-13(2)18(9-12)15(4)21-19(22)16(11-20)10-17-8-7-14(3)23-17/h5-10,15H,1-4H3,(H,21,22)/b16-10-/t15-/m1/s1. The molecule has 1 aromatic carbocycles. The number of aryl methyl sites for hydroxylation is 3. The minimum absolute atomic E-state index is 0.0245. The van der Waals surface area contributed by atoms with Crippen LogP contribution in [0.3, 0.4) is 0 Å². The zero-order valence-electron chi connectivity index (χ0n) is 13.8. The fourth-order valence-electron chi connectivity index (χ4n) is 2.40. The van der Waals surface area contributed by atoms with Crippen LogP contribution in [-0.4, -0.2) is 5.91 Å². The Morgan fingerprint density at radius 1 is 1.26 bits per heavy atom. The first-order valence-electron chi connectivity index (χ1n) is 7.47. The van der Waals surface area contributed by atoms with Crippen molar-refractivity contribution < 1.29 is 9.21 Å². The molecule has 1 heterocycles. The molecule has 1 N–H and O–H groups in total. The fourth-order valence-corrected chi connectivity index (χ4v) is 2.40. The molecule has 2 aromatic rings. The maximum Gasteiger partial charge on any atom is 0.262 e. The SMILES string of the molecule is Cc1ccc(C)c([C@@H](C)NC(=O)/C(C#N)=C\c2ccc(C)o2)c1. The zero-order chi connectivity index (χ0) is 17.0. The highest BCUT2D eigenvalue weighted by molar-refractivity contribution is 6.01. The van der Waals surface area contributed by atoms with Crippen molar-refractivity contribution >= 4 is 12.0 Å². The van der Waals surface area contributed by atoms with Gasteiger partial charge in [-0.15, -0.1) is 0 Å². The Balaban J connectivity index is 2.18. The smallest absolute Gasteiger partial charge is 0.262 e. The lowest BCUT2D eigenvalue weighted by Crippen LogP contribution is -2.28. The summed E-state index contributed by atoms with van der Waals surface area (Å²) < 4.78 is 5.38. The van der Waals surface area contributed by atoms with E-state index in [1.54, 1.807) is 12.1 Å². The molecular weight excluding hydrogens is 288 g/mol. The number of benzene rings is 1. The van der Waals surface area contributed by atoms with Crippen LogP contribution in [0.1, 0.15) is 41.2 Å². The Hall–Kier alpha value is -2.80. The molecule has 1 aromatic heterocycles. The third-order valence-electron chi connectivity index (χ3n) is 3.66. The number of hydrogen-bond donors (Lipinski definition) is 1. The minimum Gasteiger partial charge on any atom is -0.462 e. The van der Waals surface area contributed by atoms with Crippen LogP contribution in [-0.2, 0) is 4.79 Å². The molecule has 118 valence electrons. The highest BCUT2D eigenvalue weighted by atomic mass is 16.3. The molecule has 0 saturated heterocycles. The molecule has 2 rings (SSSR count). The summed E-state index contributed by atoms with van der Waals surface area (Å²) in [5.74, 6) is 0.821. The molecular formula is C19H20N2O2. The van der Waals surface area contributed by atoms with Gasteiger partial charge in [-0.25, -0.2) is 0 Å². The predicted octanol–water partition coefficient (Wildman–Crippen LogP) is 3.99. The Labute approximate surface area is 136 Å². The average molecular weight is 308 g/mol. The van der Waals surface area contributed by atoms with E-state index in [1.165, 1.54) is 6.08 Å². The van der Waals surface area contributed by atoms with E-state index < -0.39 is 5.91 Å². The largest absolute Gasteiger partial charge is 0.462 e. The lowest BCUT2D eigenvalue weighted by molar-refractivity contribution is -0.117. The first kappa shape index (κ1) is 16.6. The molecule has 1 atom stereocenters. The van der Waals surface area contributed by atoms with E-state index in [2.05, 4.69) is 5.32 Å². The van der Waals surface area contributed by atoms with Crippen molar-refractivity contribution in [2.75, 3.05) is 0 Å². The third-order valence-corrected chi connectivity index (χ3v) is 3.66. The Kier molecular flexibility index (Phi) is 5.02. The van der Waals surface area contributed by atoms with Crippen molar-refractivity contribution in [3.8, 4) is 6.07 Å². The molecule has 4 heteroatoms. The number of amides is 1. The van der Waals surface area contributed by atoms with Gasteiger partial charge in [0.05, 0.1) is 6.04 Å². The molecule has 0 aliphatic carbocycles. The number of nitrogens with one attached hydrogen (secondary N) is 1. The Bertz CT molecular complexity index is 794. The first-order valence-corrected chi connectivity index (χ1v) is 7.47. The zero-order valence-corrected chi connectivity index (χ0v) is 13.8. The molecule has 0 spiro atoms. The summed E-state index contributed by atoms with van der Waals surface area (Å²) in [7, 11) is 0. The van der Waals surface area contributed by atoms with E-state index >= 15 is 0 Å². The van der Waals surface area contributed by atoms with E-state index in [0.29, 0.717) is 5.76 Å². The number of rotatable bonds is 4. The predicted molar refractivity (Wildman–Crippen MR) is 89.5 cm³/mol. The summed E-state index contributed by atoms with van der Waals surface area (Å²) in [4.78, 5) is 12.3. The van der Waals surface area contributed by atoms with Crippen molar-refractivity contribution in [1.82, 2.24) is 5.32 Å². The van der Waals surface area contributed by atoms with Gasteiger partial charge in [-0.05, 0) is 51.0 Å². The lowest BCUT2D eigenvalue weighted by atomic mass is 10.00. The van der Waals surface area contributed by atoms with Crippen LogP contribution in [0.25, 0.3) is 6.08 Å². The van der Waals surface area contributed by atoms with Gasteiger partial charge in [0.2, 0.25) is 0 Å². The van der Waals surface area contributed by atoms with Gasteiger partial charge in [0.25, 0.3) is 5.91 Å². The highest BCUT2D eigenvalue weighted by Gasteiger charge is 2.16. The van der Waals surface area contributed by atoms with Crippen LogP contribution < -0.4 is 5.32 Å². The highest BCUT2D eigenvalue weighted by Crippen LogP contribution is 2.19. The number of nitrogens with zero attached hydrogens (tertiary/aromatic N) is 1. The molecule has 23 heavy (non-hydrogen) atoms. The molecule has 0 saturated carbocycles. The van der Waals surface area contributed by atoms with Crippen LogP contribution >= 0.6 is 0 Å². The summed E-state index contributed by atoms with van der Waals surface area (Å²) in [6.07, 6.45) is 1.46. The van der Waals surface area contributed by atoms with E-state index in [1.807, 2.05) is 52.0 Å². The van der Waals surface area contributed by atoms with E-state index in [4.69, 9.17) is 4.42 Å². The van der Waals surface area contributed by atoms with Gasteiger partial charge in [-0.1, -0.05) is 23.8 Å². The van der Waals surface area contributed by atoms with Crippen molar-refractivity contribution in [3.63, 3.8) is 0 Å². The summed E-state index contributed by atoms with van der Waals surface area (Å²) in [6.45, 7) is 7.74. The van der Waals surface area contributed by atoms with Crippen molar-refractivity contribution in [2.24, 2.45) is 0 Å². The maximum absolute atomic E-state index is 12.3. The molecule has 1 amide bonds. The second kappa shape index (κ2) is 6.97. The summed E-state index contributed by atoms with van der Waals surface area (Å²) >= 11 is 0. The minimum atomic E-state index is -0.407. The van der Waals surface area contributed by atoms with Gasteiger partial charge in [0.1, 0.15) is 23.2 Å². The van der Waals surface area contributed by atoms with E-state index in [-0.39, 0.29) is 11.6 Å². The lowest BCUT2D eigenvalue weighted by Gasteiger charge is -2.17. The average Bonchev–Trinajstić information content (AvgIpc) is 2.92. The van der Waals surface area contributed by atoms with E-state index in [0.717, 1.165) is 22.5 Å². The summed E-state index contributed by atoms with van der Waals surface area (Å²) in [5.41, 5.74) is 3.31.